The highest BCUT2D eigenvalue weighted by atomic mass is 16.5. The monoisotopic (exact) mass is 268 g/mol. The van der Waals surface area contributed by atoms with E-state index in [9.17, 15) is 9.59 Å². The lowest BCUT2D eigenvalue weighted by atomic mass is 9.88. The van der Waals surface area contributed by atoms with Crippen molar-refractivity contribution in [3.8, 4) is 0 Å². The quantitative estimate of drug-likeness (QED) is 0.817. The van der Waals surface area contributed by atoms with Crippen molar-refractivity contribution in [1.82, 2.24) is 10.5 Å². The summed E-state index contributed by atoms with van der Waals surface area (Å²) in [6.45, 7) is 7.01. The molecule has 2 N–H and O–H groups in total. The Balaban J connectivity index is 2.85. The number of hydrogen-bond donors (Lipinski definition) is 2. The van der Waals surface area contributed by atoms with E-state index in [0.29, 0.717) is 12.2 Å². The Kier molecular flexibility index (Phi) is 4.69. The normalized spacial score (nSPS) is 14.7. The second-order valence-electron chi connectivity index (χ2n) is 5.18. The maximum Gasteiger partial charge on any atom is 0.326 e. The van der Waals surface area contributed by atoms with Gasteiger partial charge in [0.25, 0.3) is 0 Å². The number of carboxylic acids is 1. The van der Waals surface area contributed by atoms with Gasteiger partial charge in [-0.05, 0) is 19.8 Å². The average Bonchev–Trinajstić information content (AvgIpc) is 2.88. The van der Waals surface area contributed by atoms with Gasteiger partial charge in [0, 0.05) is 6.07 Å². The first-order valence-corrected chi connectivity index (χ1v) is 6.25. The molecule has 1 aromatic heterocycles. The van der Waals surface area contributed by atoms with Crippen LogP contribution in [0.2, 0.25) is 0 Å². The van der Waals surface area contributed by atoms with Gasteiger partial charge in [-0.25, -0.2) is 4.79 Å². The topological polar surface area (TPSA) is 92.4 Å². The molecule has 1 aromatic rings. The van der Waals surface area contributed by atoms with Crippen LogP contribution in [0.5, 0.6) is 0 Å². The molecular weight excluding hydrogens is 248 g/mol. The first-order chi connectivity index (χ1) is 8.80. The Morgan fingerprint density at radius 3 is 2.58 bits per heavy atom. The summed E-state index contributed by atoms with van der Waals surface area (Å²) in [7, 11) is 0. The number of nitrogens with zero attached hydrogens (tertiary/aromatic N) is 1. The zero-order valence-electron chi connectivity index (χ0n) is 11.6. The predicted molar refractivity (Wildman–Crippen MR) is 68.6 cm³/mol. The molecule has 0 bridgehead atoms. The number of aromatic nitrogens is 1. The number of carbonyl (C=O) groups excluding carboxylic acids is 1. The third-order valence-electron chi connectivity index (χ3n) is 3.39. The van der Waals surface area contributed by atoms with Gasteiger partial charge in [-0.2, -0.15) is 0 Å². The van der Waals surface area contributed by atoms with Gasteiger partial charge >= 0.3 is 5.97 Å². The minimum absolute atomic E-state index is 0.146. The van der Waals surface area contributed by atoms with Gasteiger partial charge in [-0.15, -0.1) is 0 Å². The molecule has 0 radical (unpaired) electrons. The molecule has 0 aliphatic heterocycles. The van der Waals surface area contributed by atoms with E-state index >= 15 is 0 Å². The number of rotatable bonds is 6. The molecule has 0 spiro atoms. The van der Waals surface area contributed by atoms with E-state index in [2.05, 4.69) is 10.5 Å². The van der Waals surface area contributed by atoms with E-state index in [-0.39, 0.29) is 5.92 Å². The molecule has 19 heavy (non-hydrogen) atoms. The summed E-state index contributed by atoms with van der Waals surface area (Å²) in [6.07, 6.45) is 2.12. The van der Waals surface area contributed by atoms with Gasteiger partial charge in [0.05, 0.1) is 6.20 Å². The standard InChI is InChI=1S/C13H20N2O4/c1-5-8(2)10(11(16)17)15-12(18)13(3,4)9-6-7-14-19-9/h6-8,10H,5H2,1-4H3,(H,15,18)(H,16,17)/t8-,10-/m1/s1. The highest BCUT2D eigenvalue weighted by Gasteiger charge is 2.37. The molecule has 0 saturated carbocycles. The highest BCUT2D eigenvalue weighted by Crippen LogP contribution is 2.23. The molecule has 6 heteroatoms. The first kappa shape index (κ1) is 15.2. The minimum atomic E-state index is -1.03. The zero-order chi connectivity index (χ0) is 14.6. The fourth-order valence-electron chi connectivity index (χ4n) is 1.65. The van der Waals surface area contributed by atoms with Crippen molar-refractivity contribution < 1.29 is 19.2 Å². The van der Waals surface area contributed by atoms with Crippen molar-refractivity contribution in [2.45, 2.75) is 45.6 Å². The van der Waals surface area contributed by atoms with Crippen LogP contribution >= 0.6 is 0 Å². The third kappa shape index (κ3) is 3.33. The molecule has 106 valence electrons. The Morgan fingerprint density at radius 2 is 2.16 bits per heavy atom. The smallest absolute Gasteiger partial charge is 0.326 e. The molecule has 0 aliphatic carbocycles. The largest absolute Gasteiger partial charge is 0.480 e. The number of amides is 1. The lowest BCUT2D eigenvalue weighted by Crippen LogP contribution is -2.50. The first-order valence-electron chi connectivity index (χ1n) is 6.25. The van der Waals surface area contributed by atoms with Gasteiger partial charge in [0.2, 0.25) is 5.91 Å². The number of carbonyl (C=O) groups is 2. The summed E-state index contributed by atoms with van der Waals surface area (Å²) in [5, 5.41) is 15.3. The summed E-state index contributed by atoms with van der Waals surface area (Å²) in [5.74, 6) is -1.17. The summed E-state index contributed by atoms with van der Waals surface area (Å²) in [5.41, 5.74) is -0.961. The van der Waals surface area contributed by atoms with Crippen molar-refractivity contribution in [3.63, 3.8) is 0 Å². The van der Waals surface area contributed by atoms with E-state index in [1.165, 1.54) is 6.20 Å². The van der Waals surface area contributed by atoms with Gasteiger partial charge in [0.1, 0.15) is 11.5 Å². The van der Waals surface area contributed by atoms with Gasteiger partial charge in [-0.1, -0.05) is 25.4 Å². The molecule has 1 rings (SSSR count). The van der Waals surface area contributed by atoms with Crippen LogP contribution in [-0.4, -0.2) is 28.2 Å². The van der Waals surface area contributed by atoms with Crippen LogP contribution in [0.25, 0.3) is 0 Å². The molecule has 6 nitrogen and oxygen atoms in total. The molecule has 0 fully saturated rings. The average molecular weight is 268 g/mol. The lowest BCUT2D eigenvalue weighted by molar-refractivity contribution is -0.144. The van der Waals surface area contributed by atoms with Crippen LogP contribution < -0.4 is 5.32 Å². The van der Waals surface area contributed by atoms with E-state index in [4.69, 9.17) is 9.63 Å². The Hall–Kier alpha value is -1.85. The highest BCUT2D eigenvalue weighted by molar-refractivity contribution is 5.90. The van der Waals surface area contributed by atoms with E-state index < -0.39 is 23.3 Å². The molecule has 0 aliphatic rings. The fraction of sp³-hybridized carbons (Fsp3) is 0.615. The maximum absolute atomic E-state index is 12.2. The summed E-state index contributed by atoms with van der Waals surface area (Å²) >= 11 is 0. The van der Waals surface area contributed by atoms with Crippen LogP contribution in [0.1, 0.15) is 39.9 Å². The maximum atomic E-state index is 12.2. The summed E-state index contributed by atoms with van der Waals surface area (Å²) in [6, 6.07) is 0.693. The summed E-state index contributed by atoms with van der Waals surface area (Å²) in [4.78, 5) is 23.4. The zero-order valence-corrected chi connectivity index (χ0v) is 11.6. The molecule has 2 atom stereocenters. The molecule has 1 amide bonds. The van der Waals surface area contributed by atoms with Gasteiger partial charge in [0.15, 0.2) is 5.76 Å². The van der Waals surface area contributed by atoms with Gasteiger partial charge < -0.3 is 14.9 Å². The van der Waals surface area contributed by atoms with Crippen LogP contribution in [0.4, 0.5) is 0 Å². The van der Waals surface area contributed by atoms with E-state index in [1.807, 2.05) is 6.92 Å². The molecule has 0 aromatic carbocycles. The van der Waals surface area contributed by atoms with Crippen LogP contribution in [-0.2, 0) is 15.0 Å². The lowest BCUT2D eigenvalue weighted by Gasteiger charge is -2.26. The molecule has 0 saturated heterocycles. The van der Waals surface area contributed by atoms with Crippen molar-refractivity contribution in [2.75, 3.05) is 0 Å². The van der Waals surface area contributed by atoms with Crippen LogP contribution in [0.15, 0.2) is 16.8 Å². The second-order valence-corrected chi connectivity index (χ2v) is 5.18. The number of hydrogen-bond acceptors (Lipinski definition) is 4. The molecule has 0 unspecified atom stereocenters. The van der Waals surface area contributed by atoms with Crippen molar-refractivity contribution in [2.24, 2.45) is 5.92 Å². The number of nitrogens with one attached hydrogen (secondary N) is 1. The van der Waals surface area contributed by atoms with E-state index in [1.54, 1.807) is 26.8 Å². The van der Waals surface area contributed by atoms with Crippen molar-refractivity contribution in [1.29, 1.82) is 0 Å². The van der Waals surface area contributed by atoms with Crippen molar-refractivity contribution in [3.05, 3.63) is 18.0 Å². The molecular formula is C13H20N2O4. The minimum Gasteiger partial charge on any atom is -0.480 e. The fourth-order valence-corrected chi connectivity index (χ4v) is 1.65. The van der Waals surface area contributed by atoms with Crippen molar-refractivity contribution >= 4 is 11.9 Å². The SMILES string of the molecule is CC[C@@H](C)[C@@H](NC(=O)C(C)(C)c1ccno1)C(=O)O. The Bertz CT molecular complexity index is 440. The summed E-state index contributed by atoms with van der Waals surface area (Å²) < 4.78 is 4.99. The third-order valence-corrected chi connectivity index (χ3v) is 3.39. The predicted octanol–water partition coefficient (Wildman–Crippen LogP) is 1.57. The molecule has 1 heterocycles. The Morgan fingerprint density at radius 1 is 1.53 bits per heavy atom. The number of carboxylic acid groups (broad SMARTS) is 1. The Labute approximate surface area is 112 Å². The van der Waals surface area contributed by atoms with Gasteiger partial charge in [-0.3, -0.25) is 4.79 Å². The van der Waals surface area contributed by atoms with Crippen LogP contribution in [0.3, 0.4) is 0 Å². The van der Waals surface area contributed by atoms with E-state index in [0.717, 1.165) is 0 Å². The number of aliphatic carboxylic acids is 1. The van der Waals surface area contributed by atoms with Crippen LogP contribution in [0, 0.1) is 5.92 Å². The second kappa shape index (κ2) is 5.86.